The quantitative estimate of drug-likeness (QED) is 0.303. The minimum absolute atomic E-state index is 0.570. The Morgan fingerprint density at radius 1 is 1.06 bits per heavy atom. The number of aliphatic imine (C=N–C) groups is 1. The van der Waals surface area contributed by atoms with Crippen molar-refractivity contribution in [1.82, 2.24) is 10.2 Å². The van der Waals surface area contributed by atoms with Gasteiger partial charge in [0.25, 0.3) is 0 Å². The molecule has 0 spiro atoms. The van der Waals surface area contributed by atoms with Crippen LogP contribution in [0, 0.1) is 5.92 Å². The summed E-state index contributed by atoms with van der Waals surface area (Å²) in [6.07, 6.45) is 3.10. The van der Waals surface area contributed by atoms with E-state index < -0.39 is 0 Å². The molecule has 1 atom stereocenters. The van der Waals surface area contributed by atoms with Crippen molar-refractivity contribution in [3.05, 3.63) is 60.2 Å². The summed E-state index contributed by atoms with van der Waals surface area (Å²) in [4.78, 5) is 7.00. The van der Waals surface area contributed by atoms with Gasteiger partial charge < -0.3 is 24.4 Å². The number of ether oxygens (including phenoxy) is 3. The van der Waals surface area contributed by atoms with Crippen LogP contribution in [-0.2, 0) is 11.3 Å². The van der Waals surface area contributed by atoms with Crippen molar-refractivity contribution in [3.63, 3.8) is 0 Å². The molecule has 1 aliphatic heterocycles. The molecule has 1 N–H and O–H groups in total. The van der Waals surface area contributed by atoms with Gasteiger partial charge in [0.1, 0.15) is 18.1 Å². The fourth-order valence-electron chi connectivity index (χ4n) is 3.63. The summed E-state index contributed by atoms with van der Waals surface area (Å²) < 4.78 is 17.2. The van der Waals surface area contributed by atoms with Gasteiger partial charge in [-0.3, -0.25) is 4.99 Å². The Bertz CT molecular complexity index is 790. The number of benzene rings is 2. The topological polar surface area (TPSA) is 55.3 Å². The van der Waals surface area contributed by atoms with Crippen LogP contribution in [0.2, 0.25) is 0 Å². The van der Waals surface area contributed by atoms with E-state index in [4.69, 9.17) is 19.2 Å². The zero-order valence-electron chi connectivity index (χ0n) is 19.5. The second-order valence-corrected chi connectivity index (χ2v) is 8.15. The first-order chi connectivity index (χ1) is 15.7. The summed E-state index contributed by atoms with van der Waals surface area (Å²) in [5.41, 5.74) is 1.16. The predicted molar refractivity (Wildman–Crippen MR) is 129 cm³/mol. The number of guanidine groups is 1. The van der Waals surface area contributed by atoms with Gasteiger partial charge in [0.2, 0.25) is 0 Å². The average molecular weight is 440 g/mol. The first-order valence-electron chi connectivity index (χ1n) is 11.7. The highest BCUT2D eigenvalue weighted by Crippen LogP contribution is 2.19. The highest BCUT2D eigenvalue weighted by molar-refractivity contribution is 5.79. The van der Waals surface area contributed by atoms with Crippen LogP contribution >= 0.6 is 0 Å². The van der Waals surface area contributed by atoms with Crippen LogP contribution < -0.4 is 14.8 Å². The molecule has 2 aromatic rings. The minimum atomic E-state index is 0.570. The Morgan fingerprint density at radius 3 is 2.50 bits per heavy atom. The SMILES string of the molecule is CCNC(=NCCCCOc1ccc(OCc2ccccc2)cc1)N(C)CC1CCOC1. The number of rotatable bonds is 12. The highest BCUT2D eigenvalue weighted by atomic mass is 16.5. The Balaban J connectivity index is 1.32. The molecule has 1 heterocycles. The van der Waals surface area contributed by atoms with Gasteiger partial charge in [-0.05, 0) is 56.0 Å². The Kier molecular flexibility index (Phi) is 10.2. The molecule has 6 nitrogen and oxygen atoms in total. The Labute approximate surface area is 192 Å². The fraction of sp³-hybridized carbons (Fsp3) is 0.500. The molecule has 0 aromatic heterocycles. The minimum Gasteiger partial charge on any atom is -0.494 e. The molecule has 6 heteroatoms. The number of unbranched alkanes of at least 4 members (excludes halogenated alkanes) is 1. The third-order valence-corrected chi connectivity index (χ3v) is 5.41. The molecular weight excluding hydrogens is 402 g/mol. The molecule has 0 radical (unpaired) electrons. The van der Waals surface area contributed by atoms with E-state index in [-0.39, 0.29) is 0 Å². The van der Waals surface area contributed by atoms with Crippen LogP contribution in [0.4, 0.5) is 0 Å². The van der Waals surface area contributed by atoms with Gasteiger partial charge >= 0.3 is 0 Å². The maximum absolute atomic E-state index is 5.87. The van der Waals surface area contributed by atoms with Gasteiger partial charge in [0.05, 0.1) is 13.2 Å². The van der Waals surface area contributed by atoms with Crippen molar-refractivity contribution < 1.29 is 14.2 Å². The van der Waals surface area contributed by atoms with Gasteiger partial charge in [-0.15, -0.1) is 0 Å². The Hall–Kier alpha value is -2.73. The molecule has 0 aliphatic carbocycles. The summed E-state index contributed by atoms with van der Waals surface area (Å²) in [5, 5.41) is 3.39. The molecule has 1 saturated heterocycles. The monoisotopic (exact) mass is 439 g/mol. The predicted octanol–water partition coefficient (Wildman–Crippen LogP) is 4.36. The van der Waals surface area contributed by atoms with E-state index in [1.54, 1.807) is 0 Å². The summed E-state index contributed by atoms with van der Waals surface area (Å²) in [6.45, 7) is 7.76. The number of hydrogen-bond acceptors (Lipinski definition) is 4. The number of nitrogens with one attached hydrogen (secondary N) is 1. The maximum atomic E-state index is 5.87. The lowest BCUT2D eigenvalue weighted by Gasteiger charge is -2.24. The van der Waals surface area contributed by atoms with E-state index in [1.165, 1.54) is 0 Å². The largest absolute Gasteiger partial charge is 0.494 e. The van der Waals surface area contributed by atoms with Gasteiger partial charge in [-0.25, -0.2) is 0 Å². The van der Waals surface area contributed by atoms with Crippen molar-refractivity contribution in [2.45, 2.75) is 32.8 Å². The molecule has 1 unspecified atom stereocenters. The lowest BCUT2D eigenvalue weighted by Crippen LogP contribution is -2.41. The lowest BCUT2D eigenvalue weighted by molar-refractivity contribution is 0.181. The molecule has 1 aliphatic rings. The van der Waals surface area contributed by atoms with Gasteiger partial charge in [0.15, 0.2) is 5.96 Å². The second-order valence-electron chi connectivity index (χ2n) is 8.15. The van der Waals surface area contributed by atoms with E-state index in [9.17, 15) is 0 Å². The summed E-state index contributed by atoms with van der Waals surface area (Å²) in [6, 6.07) is 18.0. The van der Waals surface area contributed by atoms with Gasteiger partial charge in [-0.2, -0.15) is 0 Å². The van der Waals surface area contributed by atoms with E-state index in [1.807, 2.05) is 42.5 Å². The van der Waals surface area contributed by atoms with Gasteiger partial charge in [0, 0.05) is 39.2 Å². The van der Waals surface area contributed by atoms with Crippen LogP contribution in [0.5, 0.6) is 11.5 Å². The zero-order valence-corrected chi connectivity index (χ0v) is 19.5. The first kappa shape index (κ1) is 23.9. The van der Waals surface area contributed by atoms with E-state index in [2.05, 4.69) is 36.3 Å². The molecule has 174 valence electrons. The lowest BCUT2D eigenvalue weighted by atomic mass is 10.1. The van der Waals surface area contributed by atoms with Crippen LogP contribution in [0.25, 0.3) is 0 Å². The third kappa shape index (κ3) is 8.42. The molecule has 0 saturated carbocycles. The second kappa shape index (κ2) is 13.6. The van der Waals surface area contributed by atoms with Crippen LogP contribution in [-0.4, -0.2) is 57.4 Å². The molecule has 1 fully saturated rings. The van der Waals surface area contributed by atoms with Crippen LogP contribution in [0.1, 0.15) is 31.7 Å². The number of nitrogens with zero attached hydrogens (tertiary/aromatic N) is 2. The Morgan fingerprint density at radius 2 is 1.81 bits per heavy atom. The van der Waals surface area contributed by atoms with Gasteiger partial charge in [-0.1, -0.05) is 30.3 Å². The smallest absolute Gasteiger partial charge is 0.193 e. The summed E-state index contributed by atoms with van der Waals surface area (Å²) >= 11 is 0. The van der Waals surface area contributed by atoms with E-state index in [0.29, 0.717) is 19.1 Å². The molecule has 0 bridgehead atoms. The van der Waals surface area contributed by atoms with E-state index >= 15 is 0 Å². The van der Waals surface area contributed by atoms with Crippen molar-refractivity contribution in [2.24, 2.45) is 10.9 Å². The molecule has 32 heavy (non-hydrogen) atoms. The van der Waals surface area contributed by atoms with Crippen LogP contribution in [0.3, 0.4) is 0 Å². The summed E-state index contributed by atoms with van der Waals surface area (Å²) in [5.74, 6) is 3.30. The highest BCUT2D eigenvalue weighted by Gasteiger charge is 2.18. The zero-order chi connectivity index (χ0) is 22.4. The van der Waals surface area contributed by atoms with Crippen molar-refractivity contribution in [2.75, 3.05) is 46.5 Å². The van der Waals surface area contributed by atoms with Crippen molar-refractivity contribution >= 4 is 5.96 Å². The first-order valence-corrected chi connectivity index (χ1v) is 11.7. The standard InChI is InChI=1S/C26H37N3O3/c1-3-27-26(29(2)19-23-15-18-30-20-23)28-16-7-8-17-31-24-11-13-25(14-12-24)32-21-22-9-5-4-6-10-22/h4-6,9-14,23H,3,7-8,15-21H2,1-2H3,(H,27,28). The molecule has 2 aromatic carbocycles. The number of hydrogen-bond donors (Lipinski definition) is 1. The fourth-order valence-corrected chi connectivity index (χ4v) is 3.63. The molecular formula is C26H37N3O3. The average Bonchev–Trinajstić information content (AvgIpc) is 3.33. The normalized spacial score (nSPS) is 16.1. The third-order valence-electron chi connectivity index (χ3n) is 5.41. The summed E-state index contributed by atoms with van der Waals surface area (Å²) in [7, 11) is 2.11. The molecule has 3 rings (SSSR count). The van der Waals surface area contributed by atoms with Crippen LogP contribution in [0.15, 0.2) is 59.6 Å². The molecule has 0 amide bonds. The maximum Gasteiger partial charge on any atom is 0.193 e. The van der Waals surface area contributed by atoms with Crippen molar-refractivity contribution in [1.29, 1.82) is 0 Å². The van der Waals surface area contributed by atoms with Crippen molar-refractivity contribution in [3.8, 4) is 11.5 Å². The van der Waals surface area contributed by atoms with E-state index in [0.717, 1.165) is 75.1 Å².